The molecule has 0 saturated heterocycles. The second kappa shape index (κ2) is 3.25. The number of pyridine rings is 1. The van der Waals surface area contributed by atoms with Crippen LogP contribution in [0.5, 0.6) is 0 Å². The van der Waals surface area contributed by atoms with Crippen molar-refractivity contribution in [3.8, 4) is 0 Å². The Morgan fingerprint density at radius 2 is 1.77 bits per heavy atom. The van der Waals surface area contributed by atoms with E-state index in [9.17, 15) is 0 Å². The lowest BCUT2D eigenvalue weighted by Gasteiger charge is -2.06. The van der Waals surface area contributed by atoms with Crippen molar-refractivity contribution in [1.82, 2.24) is 4.98 Å². The van der Waals surface area contributed by atoms with E-state index in [0.29, 0.717) is 0 Å². The molecule has 2 aromatic rings. The van der Waals surface area contributed by atoms with Crippen LogP contribution >= 0.6 is 22.6 Å². The summed E-state index contributed by atoms with van der Waals surface area (Å²) >= 11 is 2.34. The molecule has 0 amide bonds. The van der Waals surface area contributed by atoms with Gasteiger partial charge >= 0.3 is 0 Å². The van der Waals surface area contributed by atoms with Gasteiger partial charge in [0.1, 0.15) is 0 Å². The van der Waals surface area contributed by atoms with Crippen LogP contribution in [0.1, 0.15) is 11.1 Å². The number of fused-ring (bicyclic) bond motifs is 1. The zero-order valence-corrected chi connectivity index (χ0v) is 9.79. The van der Waals surface area contributed by atoms with Gasteiger partial charge in [-0.05, 0) is 47.6 Å². The van der Waals surface area contributed by atoms with Crippen molar-refractivity contribution in [1.29, 1.82) is 0 Å². The number of halogens is 1. The number of hydrogen-bond acceptors (Lipinski definition) is 1. The molecule has 0 unspecified atom stereocenters. The van der Waals surface area contributed by atoms with Crippen LogP contribution in [0.4, 0.5) is 0 Å². The lowest BCUT2D eigenvalue weighted by Crippen LogP contribution is -1.87. The van der Waals surface area contributed by atoms with Crippen LogP contribution in [0.2, 0.25) is 0 Å². The van der Waals surface area contributed by atoms with Gasteiger partial charge in [-0.25, -0.2) is 0 Å². The molecule has 2 rings (SSSR count). The normalized spacial score (nSPS) is 10.7. The molecule has 1 aromatic carbocycles. The summed E-state index contributed by atoms with van der Waals surface area (Å²) < 4.78 is 1.23. The van der Waals surface area contributed by atoms with Gasteiger partial charge in [0.2, 0.25) is 0 Å². The standard InChI is InChI=1S/C11H10IN/c1-7-3-4-8(2)11-9(7)5-13-6-10(11)12/h3-6H,1-2H3. The van der Waals surface area contributed by atoms with Crippen LogP contribution in [0.25, 0.3) is 10.8 Å². The fourth-order valence-electron chi connectivity index (χ4n) is 1.56. The average Bonchev–Trinajstić information content (AvgIpc) is 2.12. The SMILES string of the molecule is Cc1ccc(C)c2c(I)cncc12. The quantitative estimate of drug-likeness (QED) is 0.675. The fraction of sp³-hybridized carbons (Fsp3) is 0.182. The van der Waals surface area contributed by atoms with Gasteiger partial charge in [0.15, 0.2) is 0 Å². The zero-order chi connectivity index (χ0) is 9.42. The molecular formula is C11H10IN. The van der Waals surface area contributed by atoms with Crippen LogP contribution < -0.4 is 0 Å². The first-order valence-corrected chi connectivity index (χ1v) is 5.27. The van der Waals surface area contributed by atoms with Gasteiger partial charge in [-0.2, -0.15) is 0 Å². The molecule has 66 valence electrons. The van der Waals surface area contributed by atoms with Crippen molar-refractivity contribution in [2.75, 3.05) is 0 Å². The van der Waals surface area contributed by atoms with Gasteiger partial charge in [0.25, 0.3) is 0 Å². The molecular weight excluding hydrogens is 273 g/mol. The topological polar surface area (TPSA) is 12.9 Å². The third-order valence-electron chi connectivity index (χ3n) is 2.30. The van der Waals surface area contributed by atoms with Crippen molar-refractivity contribution < 1.29 is 0 Å². The van der Waals surface area contributed by atoms with E-state index in [4.69, 9.17) is 0 Å². The minimum absolute atomic E-state index is 1.23. The van der Waals surface area contributed by atoms with E-state index in [1.54, 1.807) is 0 Å². The molecule has 0 saturated carbocycles. The largest absolute Gasteiger partial charge is 0.263 e. The summed E-state index contributed by atoms with van der Waals surface area (Å²) in [7, 11) is 0. The van der Waals surface area contributed by atoms with E-state index in [-0.39, 0.29) is 0 Å². The van der Waals surface area contributed by atoms with Crippen molar-refractivity contribution >= 4 is 33.4 Å². The van der Waals surface area contributed by atoms with Gasteiger partial charge in [-0.15, -0.1) is 0 Å². The molecule has 0 aliphatic carbocycles. The highest BCUT2D eigenvalue weighted by Crippen LogP contribution is 2.25. The molecule has 0 radical (unpaired) electrons. The van der Waals surface area contributed by atoms with Crippen molar-refractivity contribution in [3.05, 3.63) is 39.2 Å². The van der Waals surface area contributed by atoms with Crippen LogP contribution in [-0.2, 0) is 0 Å². The first-order valence-electron chi connectivity index (χ1n) is 4.19. The zero-order valence-electron chi connectivity index (χ0n) is 7.63. The molecule has 1 heterocycles. The first kappa shape index (κ1) is 8.94. The molecule has 13 heavy (non-hydrogen) atoms. The van der Waals surface area contributed by atoms with E-state index in [2.05, 4.69) is 53.6 Å². The molecule has 0 aliphatic rings. The van der Waals surface area contributed by atoms with E-state index in [0.717, 1.165) is 0 Å². The lowest BCUT2D eigenvalue weighted by molar-refractivity contribution is 1.32. The minimum Gasteiger partial charge on any atom is -0.263 e. The Morgan fingerprint density at radius 3 is 2.46 bits per heavy atom. The maximum absolute atomic E-state index is 4.21. The Hall–Kier alpha value is -0.640. The van der Waals surface area contributed by atoms with Crippen molar-refractivity contribution in [2.45, 2.75) is 13.8 Å². The summed E-state index contributed by atoms with van der Waals surface area (Å²) in [6.45, 7) is 4.27. The molecule has 1 aromatic heterocycles. The summed E-state index contributed by atoms with van der Waals surface area (Å²) in [4.78, 5) is 4.21. The van der Waals surface area contributed by atoms with E-state index < -0.39 is 0 Å². The second-order valence-electron chi connectivity index (χ2n) is 3.24. The fourth-order valence-corrected chi connectivity index (χ4v) is 2.43. The Kier molecular flexibility index (Phi) is 2.24. The predicted octanol–water partition coefficient (Wildman–Crippen LogP) is 3.46. The van der Waals surface area contributed by atoms with Crippen molar-refractivity contribution in [3.63, 3.8) is 0 Å². The van der Waals surface area contributed by atoms with Crippen LogP contribution in [0.3, 0.4) is 0 Å². The Labute approximate surface area is 91.3 Å². The van der Waals surface area contributed by atoms with Crippen LogP contribution in [0, 0.1) is 17.4 Å². The second-order valence-corrected chi connectivity index (χ2v) is 4.41. The molecule has 0 aliphatic heterocycles. The maximum Gasteiger partial charge on any atom is 0.0408 e. The summed E-state index contributed by atoms with van der Waals surface area (Å²) in [5.74, 6) is 0. The summed E-state index contributed by atoms with van der Waals surface area (Å²) in [5, 5.41) is 2.61. The number of aromatic nitrogens is 1. The van der Waals surface area contributed by atoms with E-state index in [1.807, 2.05) is 12.4 Å². The van der Waals surface area contributed by atoms with Gasteiger partial charge < -0.3 is 0 Å². The van der Waals surface area contributed by atoms with Crippen LogP contribution in [-0.4, -0.2) is 4.98 Å². The number of hydrogen-bond donors (Lipinski definition) is 0. The molecule has 0 fully saturated rings. The van der Waals surface area contributed by atoms with Gasteiger partial charge in [-0.3, -0.25) is 4.98 Å². The monoisotopic (exact) mass is 283 g/mol. The Balaban J connectivity index is 3.00. The van der Waals surface area contributed by atoms with Crippen molar-refractivity contribution in [2.24, 2.45) is 0 Å². The molecule has 0 spiro atoms. The lowest BCUT2D eigenvalue weighted by atomic mass is 10.0. The van der Waals surface area contributed by atoms with E-state index >= 15 is 0 Å². The molecule has 0 bridgehead atoms. The predicted molar refractivity (Wildman–Crippen MR) is 63.9 cm³/mol. The maximum atomic E-state index is 4.21. The smallest absolute Gasteiger partial charge is 0.0408 e. The minimum atomic E-state index is 1.23. The summed E-state index contributed by atoms with van der Waals surface area (Å²) in [6, 6.07) is 4.31. The molecule has 1 nitrogen and oxygen atoms in total. The summed E-state index contributed by atoms with van der Waals surface area (Å²) in [5.41, 5.74) is 2.62. The summed E-state index contributed by atoms with van der Waals surface area (Å²) in [6.07, 6.45) is 3.86. The molecule has 0 atom stereocenters. The number of aryl methyl sites for hydroxylation is 2. The Morgan fingerprint density at radius 1 is 1.08 bits per heavy atom. The molecule has 0 N–H and O–H groups in total. The third kappa shape index (κ3) is 1.43. The highest BCUT2D eigenvalue weighted by atomic mass is 127. The first-order chi connectivity index (χ1) is 6.20. The number of nitrogens with zero attached hydrogens (tertiary/aromatic N) is 1. The third-order valence-corrected chi connectivity index (χ3v) is 3.12. The van der Waals surface area contributed by atoms with Gasteiger partial charge in [-0.1, -0.05) is 12.1 Å². The van der Waals surface area contributed by atoms with Gasteiger partial charge in [0, 0.05) is 26.7 Å². The number of benzene rings is 1. The number of rotatable bonds is 0. The highest BCUT2D eigenvalue weighted by molar-refractivity contribution is 14.1. The van der Waals surface area contributed by atoms with E-state index in [1.165, 1.54) is 25.5 Å². The van der Waals surface area contributed by atoms with Crippen LogP contribution in [0.15, 0.2) is 24.5 Å². The average molecular weight is 283 g/mol. The molecule has 2 heteroatoms. The highest BCUT2D eigenvalue weighted by Gasteiger charge is 2.03. The Bertz CT molecular complexity index is 455. The van der Waals surface area contributed by atoms with Gasteiger partial charge in [0.05, 0.1) is 0 Å².